The predicted molar refractivity (Wildman–Crippen MR) is 86.2 cm³/mol. The Hall–Kier alpha value is -2.10. The highest BCUT2D eigenvalue weighted by Gasteiger charge is 2.53. The Kier molecular flexibility index (Phi) is 4.72. The first-order chi connectivity index (χ1) is 12.2. The van der Waals surface area contributed by atoms with Crippen LogP contribution in [0.4, 0.5) is 0 Å². The van der Waals surface area contributed by atoms with Crippen molar-refractivity contribution < 1.29 is 43.4 Å². The van der Waals surface area contributed by atoms with Gasteiger partial charge in [-0.15, -0.1) is 0 Å². The van der Waals surface area contributed by atoms with E-state index in [1.807, 2.05) is 0 Å². The maximum absolute atomic E-state index is 11.4. The number of hydrogen-bond acceptors (Lipinski definition) is 7. The van der Waals surface area contributed by atoms with Crippen molar-refractivity contribution >= 4 is 13.8 Å². The molecule has 1 aromatic rings. The lowest BCUT2D eigenvalue weighted by Gasteiger charge is -2.23. The summed E-state index contributed by atoms with van der Waals surface area (Å²) in [5.41, 5.74) is -0.528. The third-order valence-electron chi connectivity index (χ3n) is 4.21. The summed E-state index contributed by atoms with van der Waals surface area (Å²) in [4.78, 5) is 28.7. The molecule has 0 spiro atoms. The standard InChI is InChI=1S/C15H18NO9P/c1-2-10(17)23-8-15-5-4-9(25-15)11-12(15)14(19)16(13(11)18)6-3-7-24-26(20,21)22/h2,4-5,9,18-19H,1,3,6-8H2,(H2,20,21,22). The lowest BCUT2D eigenvalue weighted by Crippen LogP contribution is -2.29. The molecule has 0 radical (unpaired) electrons. The van der Waals surface area contributed by atoms with Crippen LogP contribution in [0.15, 0.2) is 24.8 Å². The van der Waals surface area contributed by atoms with E-state index in [-0.39, 0.29) is 37.9 Å². The molecule has 2 unspecified atom stereocenters. The van der Waals surface area contributed by atoms with Gasteiger partial charge in [0.1, 0.15) is 12.7 Å². The van der Waals surface area contributed by atoms with Gasteiger partial charge in [0.25, 0.3) is 0 Å². The van der Waals surface area contributed by atoms with Gasteiger partial charge >= 0.3 is 13.8 Å². The largest absolute Gasteiger partial charge is 0.494 e. The van der Waals surface area contributed by atoms with E-state index in [1.165, 1.54) is 4.57 Å². The fourth-order valence-corrected chi connectivity index (χ4v) is 3.52. The second kappa shape index (κ2) is 6.57. The molecular formula is C15H18NO9P. The highest BCUT2D eigenvalue weighted by atomic mass is 31.2. The summed E-state index contributed by atoms with van der Waals surface area (Å²) >= 11 is 0. The Labute approximate surface area is 148 Å². The number of aromatic hydroxyl groups is 2. The second-order valence-electron chi connectivity index (χ2n) is 5.86. The molecule has 0 fully saturated rings. The minimum atomic E-state index is -4.57. The molecule has 0 amide bonds. The molecule has 3 rings (SSSR count). The fourth-order valence-electron chi connectivity index (χ4n) is 3.15. The van der Waals surface area contributed by atoms with E-state index in [0.29, 0.717) is 11.1 Å². The average Bonchev–Trinajstić information content (AvgIpc) is 3.21. The van der Waals surface area contributed by atoms with E-state index in [0.717, 1.165) is 6.08 Å². The Bertz CT molecular complexity index is 824. The molecule has 0 saturated carbocycles. The van der Waals surface area contributed by atoms with E-state index in [1.54, 1.807) is 12.2 Å². The Balaban J connectivity index is 1.80. The van der Waals surface area contributed by atoms with Crippen LogP contribution in [-0.2, 0) is 35.5 Å². The summed E-state index contributed by atoms with van der Waals surface area (Å²) in [5.74, 6) is -1.14. The molecule has 1 aromatic heterocycles. The van der Waals surface area contributed by atoms with Crippen molar-refractivity contribution in [3.63, 3.8) is 0 Å². The monoisotopic (exact) mass is 387 g/mol. The minimum Gasteiger partial charge on any atom is -0.494 e. The summed E-state index contributed by atoms with van der Waals surface area (Å²) in [6, 6.07) is 0. The molecule has 26 heavy (non-hydrogen) atoms. The molecule has 142 valence electrons. The molecular weight excluding hydrogens is 369 g/mol. The van der Waals surface area contributed by atoms with E-state index >= 15 is 0 Å². The molecule has 2 aliphatic rings. The smallest absolute Gasteiger partial charge is 0.469 e. The van der Waals surface area contributed by atoms with Crippen molar-refractivity contribution in [1.82, 2.24) is 4.57 Å². The number of fused-ring (bicyclic) bond motifs is 5. The van der Waals surface area contributed by atoms with E-state index in [2.05, 4.69) is 11.1 Å². The molecule has 11 heteroatoms. The van der Waals surface area contributed by atoms with E-state index < -0.39 is 25.5 Å². The van der Waals surface area contributed by atoms with Crippen LogP contribution in [0.25, 0.3) is 0 Å². The quantitative estimate of drug-likeness (QED) is 0.168. The van der Waals surface area contributed by atoms with Gasteiger partial charge in [-0.25, -0.2) is 9.36 Å². The van der Waals surface area contributed by atoms with Crippen LogP contribution in [0.1, 0.15) is 23.7 Å². The second-order valence-corrected chi connectivity index (χ2v) is 7.10. The molecule has 0 aromatic carbocycles. The number of esters is 1. The fraction of sp³-hybridized carbons (Fsp3) is 0.400. The molecule has 10 nitrogen and oxygen atoms in total. The molecule has 2 atom stereocenters. The van der Waals surface area contributed by atoms with Gasteiger partial charge < -0.3 is 29.5 Å². The Morgan fingerprint density at radius 1 is 1.42 bits per heavy atom. The van der Waals surface area contributed by atoms with Crippen LogP contribution in [0.3, 0.4) is 0 Å². The number of phosphoric acid groups is 1. The third-order valence-corrected chi connectivity index (χ3v) is 4.73. The molecule has 4 N–H and O–H groups in total. The Morgan fingerprint density at radius 2 is 2.15 bits per heavy atom. The number of carbonyl (C=O) groups is 1. The zero-order valence-corrected chi connectivity index (χ0v) is 14.5. The van der Waals surface area contributed by atoms with Crippen molar-refractivity contribution in [2.45, 2.75) is 24.7 Å². The van der Waals surface area contributed by atoms with Gasteiger partial charge in [0.05, 0.1) is 17.7 Å². The number of hydrogen-bond donors (Lipinski definition) is 4. The zero-order valence-electron chi connectivity index (χ0n) is 13.6. The average molecular weight is 387 g/mol. The van der Waals surface area contributed by atoms with Gasteiger partial charge in [-0.1, -0.05) is 12.7 Å². The van der Waals surface area contributed by atoms with Crippen molar-refractivity contribution in [2.75, 3.05) is 13.2 Å². The van der Waals surface area contributed by atoms with Crippen LogP contribution in [-0.4, -0.2) is 43.8 Å². The summed E-state index contributed by atoms with van der Waals surface area (Å²) in [6.45, 7) is 2.91. The molecule has 0 saturated heterocycles. The Morgan fingerprint density at radius 3 is 2.81 bits per heavy atom. The van der Waals surface area contributed by atoms with Gasteiger partial charge in [-0.3, -0.25) is 9.09 Å². The number of nitrogens with zero attached hydrogens (tertiary/aromatic N) is 1. The lowest BCUT2D eigenvalue weighted by atomic mass is 9.90. The van der Waals surface area contributed by atoms with Gasteiger partial charge in [-0.2, -0.15) is 0 Å². The van der Waals surface area contributed by atoms with E-state index in [9.17, 15) is 19.6 Å². The topological polar surface area (TPSA) is 148 Å². The van der Waals surface area contributed by atoms with Crippen LogP contribution in [0, 0.1) is 0 Å². The van der Waals surface area contributed by atoms with Crippen molar-refractivity contribution in [2.24, 2.45) is 0 Å². The van der Waals surface area contributed by atoms with Crippen molar-refractivity contribution in [1.29, 1.82) is 0 Å². The van der Waals surface area contributed by atoms with Crippen molar-refractivity contribution in [3.8, 4) is 11.8 Å². The number of rotatable bonds is 8. The summed E-state index contributed by atoms with van der Waals surface area (Å²) in [6.07, 6.45) is 3.89. The first-order valence-electron chi connectivity index (χ1n) is 7.70. The van der Waals surface area contributed by atoms with Crippen LogP contribution < -0.4 is 0 Å². The van der Waals surface area contributed by atoms with Gasteiger partial charge in [0.15, 0.2) is 5.60 Å². The maximum atomic E-state index is 11.4. The third kappa shape index (κ3) is 3.17. The maximum Gasteiger partial charge on any atom is 0.469 e. The zero-order chi connectivity index (χ0) is 19.1. The highest BCUT2D eigenvalue weighted by molar-refractivity contribution is 7.46. The number of ether oxygens (including phenoxy) is 2. The predicted octanol–water partition coefficient (Wildman–Crippen LogP) is 0.964. The number of phosphoric ester groups is 1. The lowest BCUT2D eigenvalue weighted by molar-refractivity contribution is -0.146. The van der Waals surface area contributed by atoms with Crippen LogP contribution in [0.2, 0.25) is 0 Å². The van der Waals surface area contributed by atoms with Gasteiger partial charge in [0, 0.05) is 12.6 Å². The minimum absolute atomic E-state index is 0.0555. The van der Waals surface area contributed by atoms with Crippen LogP contribution in [0.5, 0.6) is 11.8 Å². The summed E-state index contributed by atoms with van der Waals surface area (Å²) in [5, 5.41) is 21.0. The van der Waals surface area contributed by atoms with E-state index in [4.69, 9.17) is 19.3 Å². The molecule has 2 bridgehead atoms. The molecule has 0 aliphatic carbocycles. The molecule has 2 aliphatic heterocycles. The number of aromatic nitrogens is 1. The van der Waals surface area contributed by atoms with Gasteiger partial charge in [0.2, 0.25) is 11.8 Å². The first kappa shape index (κ1) is 18.7. The summed E-state index contributed by atoms with van der Waals surface area (Å²) in [7, 11) is -4.57. The van der Waals surface area contributed by atoms with Crippen LogP contribution >= 0.6 is 7.82 Å². The highest BCUT2D eigenvalue weighted by Crippen LogP contribution is 2.58. The number of carbonyl (C=O) groups excluding carboxylic acids is 1. The van der Waals surface area contributed by atoms with Gasteiger partial charge in [-0.05, 0) is 12.5 Å². The molecule has 3 heterocycles. The normalized spacial score (nSPS) is 23.2. The summed E-state index contributed by atoms with van der Waals surface area (Å²) < 4.78 is 27.0. The first-order valence-corrected chi connectivity index (χ1v) is 9.23. The SMILES string of the molecule is C=CC(=O)OCC12C=CC(O1)c1c2c(O)n(CCCOP(=O)(O)O)c1O. The van der Waals surface area contributed by atoms with Crippen molar-refractivity contribution in [3.05, 3.63) is 35.9 Å².